The van der Waals surface area contributed by atoms with Crippen molar-refractivity contribution in [2.45, 2.75) is 50.4 Å². The SMILES string of the molecule is O=C1c2c(cc(N3CC4CCC(C3)N4)c(F)c2F)CN1C1CCCNC1. The summed E-state index contributed by atoms with van der Waals surface area (Å²) in [4.78, 5) is 16.4. The van der Waals surface area contributed by atoms with Crippen LogP contribution in [0.1, 0.15) is 41.6 Å². The van der Waals surface area contributed by atoms with Crippen molar-refractivity contribution in [2.24, 2.45) is 0 Å². The first-order valence-corrected chi connectivity index (χ1v) is 9.65. The molecule has 1 aromatic carbocycles. The van der Waals surface area contributed by atoms with Crippen LogP contribution in [0.25, 0.3) is 0 Å². The molecule has 0 saturated carbocycles. The van der Waals surface area contributed by atoms with Gasteiger partial charge in [-0.05, 0) is 43.9 Å². The second-order valence-corrected chi connectivity index (χ2v) is 8.03. The quantitative estimate of drug-likeness (QED) is 0.839. The van der Waals surface area contributed by atoms with Gasteiger partial charge in [-0.15, -0.1) is 0 Å². The molecule has 140 valence electrons. The molecule has 3 unspecified atom stereocenters. The molecule has 0 aromatic heterocycles. The molecule has 0 aliphatic carbocycles. The van der Waals surface area contributed by atoms with E-state index in [4.69, 9.17) is 0 Å². The van der Waals surface area contributed by atoms with Crippen LogP contribution in [0.15, 0.2) is 6.07 Å². The highest BCUT2D eigenvalue weighted by atomic mass is 19.2. The van der Waals surface area contributed by atoms with E-state index in [0.29, 0.717) is 43.0 Å². The Morgan fingerprint density at radius 1 is 1.08 bits per heavy atom. The molecule has 5 rings (SSSR count). The average molecular weight is 362 g/mol. The number of amides is 1. The molecule has 5 nitrogen and oxygen atoms in total. The van der Waals surface area contributed by atoms with Gasteiger partial charge in [0.2, 0.25) is 0 Å². The van der Waals surface area contributed by atoms with Crippen molar-refractivity contribution in [3.63, 3.8) is 0 Å². The zero-order chi connectivity index (χ0) is 17.8. The summed E-state index contributed by atoms with van der Waals surface area (Å²) in [6.45, 7) is 3.43. The fourth-order valence-electron chi connectivity index (χ4n) is 5.04. The van der Waals surface area contributed by atoms with Crippen LogP contribution in [0.3, 0.4) is 0 Å². The zero-order valence-electron chi connectivity index (χ0n) is 14.7. The second-order valence-electron chi connectivity index (χ2n) is 8.03. The minimum Gasteiger partial charge on any atom is -0.366 e. The van der Waals surface area contributed by atoms with Crippen LogP contribution in [0.4, 0.5) is 14.5 Å². The van der Waals surface area contributed by atoms with E-state index in [0.717, 1.165) is 38.8 Å². The van der Waals surface area contributed by atoms with Gasteiger partial charge in [0.15, 0.2) is 11.6 Å². The van der Waals surface area contributed by atoms with Crippen molar-refractivity contribution >= 4 is 11.6 Å². The maximum absolute atomic E-state index is 14.8. The molecule has 0 radical (unpaired) electrons. The predicted molar refractivity (Wildman–Crippen MR) is 94.3 cm³/mol. The van der Waals surface area contributed by atoms with E-state index in [1.807, 2.05) is 4.90 Å². The maximum Gasteiger partial charge on any atom is 0.257 e. The molecule has 26 heavy (non-hydrogen) atoms. The number of hydrogen-bond acceptors (Lipinski definition) is 4. The van der Waals surface area contributed by atoms with Crippen molar-refractivity contribution in [1.82, 2.24) is 15.5 Å². The van der Waals surface area contributed by atoms with Crippen molar-refractivity contribution in [2.75, 3.05) is 31.1 Å². The van der Waals surface area contributed by atoms with Gasteiger partial charge in [-0.1, -0.05) is 0 Å². The minimum absolute atomic E-state index is 0.0598. The summed E-state index contributed by atoms with van der Waals surface area (Å²) in [5.74, 6) is -2.21. The Bertz CT molecular complexity index is 738. The molecule has 7 heteroatoms. The number of piperidine rings is 1. The van der Waals surface area contributed by atoms with Gasteiger partial charge in [-0.3, -0.25) is 4.79 Å². The summed E-state index contributed by atoms with van der Waals surface area (Å²) in [5, 5.41) is 6.79. The van der Waals surface area contributed by atoms with Crippen molar-refractivity contribution in [3.05, 3.63) is 28.8 Å². The number of nitrogens with zero attached hydrogens (tertiary/aromatic N) is 2. The molecule has 4 aliphatic rings. The van der Waals surface area contributed by atoms with E-state index in [-0.39, 0.29) is 17.5 Å². The molecule has 0 spiro atoms. The van der Waals surface area contributed by atoms with Crippen LogP contribution in [0.5, 0.6) is 0 Å². The van der Waals surface area contributed by atoms with E-state index < -0.39 is 11.6 Å². The van der Waals surface area contributed by atoms with Crippen LogP contribution >= 0.6 is 0 Å². The van der Waals surface area contributed by atoms with E-state index >= 15 is 0 Å². The molecule has 2 N–H and O–H groups in total. The van der Waals surface area contributed by atoms with Crippen molar-refractivity contribution < 1.29 is 13.6 Å². The molecular weight excluding hydrogens is 338 g/mol. The minimum atomic E-state index is -0.973. The second kappa shape index (κ2) is 6.16. The molecule has 3 fully saturated rings. The lowest BCUT2D eigenvalue weighted by molar-refractivity contribution is 0.0671. The predicted octanol–water partition coefficient (Wildman–Crippen LogP) is 1.61. The summed E-state index contributed by atoms with van der Waals surface area (Å²) in [6.07, 6.45) is 4.07. The van der Waals surface area contributed by atoms with Gasteiger partial charge < -0.3 is 20.4 Å². The van der Waals surface area contributed by atoms with Gasteiger partial charge in [0.05, 0.1) is 11.3 Å². The standard InChI is InChI=1S/C19H24F2N4O/c20-17-15(24-9-12-3-4-13(10-24)23-12)6-11-8-25(14-2-1-5-22-7-14)19(26)16(11)18(17)21/h6,12-14,22-23H,1-5,7-10H2. The normalized spacial score (nSPS) is 30.8. The van der Waals surface area contributed by atoms with Gasteiger partial charge in [0.25, 0.3) is 5.91 Å². The van der Waals surface area contributed by atoms with E-state index in [9.17, 15) is 13.6 Å². The monoisotopic (exact) mass is 362 g/mol. The summed E-state index contributed by atoms with van der Waals surface area (Å²) in [6, 6.07) is 2.46. The van der Waals surface area contributed by atoms with Crippen LogP contribution in [-0.2, 0) is 6.54 Å². The van der Waals surface area contributed by atoms with Crippen molar-refractivity contribution in [1.29, 1.82) is 0 Å². The number of hydrogen-bond donors (Lipinski definition) is 2. The number of halogens is 2. The average Bonchev–Trinajstić information content (AvgIpc) is 3.17. The topological polar surface area (TPSA) is 47.6 Å². The Morgan fingerprint density at radius 2 is 1.85 bits per heavy atom. The highest BCUT2D eigenvalue weighted by Gasteiger charge is 2.39. The Labute approximate surface area is 151 Å². The number of fused-ring (bicyclic) bond motifs is 3. The van der Waals surface area contributed by atoms with E-state index in [1.54, 1.807) is 11.0 Å². The molecule has 3 atom stereocenters. The number of carbonyl (C=O) groups excluding carboxylic acids is 1. The van der Waals surface area contributed by atoms with Crippen molar-refractivity contribution in [3.8, 4) is 0 Å². The highest BCUT2D eigenvalue weighted by Crippen LogP contribution is 2.36. The third-order valence-corrected chi connectivity index (χ3v) is 6.35. The molecule has 4 heterocycles. The Kier molecular flexibility index (Phi) is 3.90. The Balaban J connectivity index is 1.47. The summed E-state index contributed by atoms with van der Waals surface area (Å²) >= 11 is 0. The maximum atomic E-state index is 14.8. The third kappa shape index (κ3) is 2.52. The fraction of sp³-hybridized carbons (Fsp3) is 0.632. The van der Waals surface area contributed by atoms with Gasteiger partial charge in [0.1, 0.15) is 0 Å². The van der Waals surface area contributed by atoms with Gasteiger partial charge >= 0.3 is 0 Å². The lowest BCUT2D eigenvalue weighted by Gasteiger charge is -2.35. The zero-order valence-corrected chi connectivity index (χ0v) is 14.7. The number of rotatable bonds is 2. The van der Waals surface area contributed by atoms with Crippen LogP contribution in [0, 0.1) is 11.6 Å². The summed E-state index contributed by atoms with van der Waals surface area (Å²) < 4.78 is 29.7. The van der Waals surface area contributed by atoms with Gasteiger partial charge in [-0.25, -0.2) is 8.78 Å². The number of anilines is 1. The van der Waals surface area contributed by atoms with Crippen LogP contribution in [0.2, 0.25) is 0 Å². The first-order valence-electron chi connectivity index (χ1n) is 9.65. The fourth-order valence-corrected chi connectivity index (χ4v) is 5.04. The molecule has 4 aliphatic heterocycles. The molecule has 1 amide bonds. The molecule has 3 saturated heterocycles. The van der Waals surface area contributed by atoms with Crippen LogP contribution in [-0.4, -0.2) is 55.1 Å². The number of benzene rings is 1. The smallest absolute Gasteiger partial charge is 0.257 e. The van der Waals surface area contributed by atoms with Gasteiger partial charge in [-0.2, -0.15) is 0 Å². The lowest BCUT2D eigenvalue weighted by Crippen LogP contribution is -2.51. The van der Waals surface area contributed by atoms with Crippen LogP contribution < -0.4 is 15.5 Å². The largest absolute Gasteiger partial charge is 0.366 e. The van der Waals surface area contributed by atoms with Gasteiger partial charge in [0, 0.05) is 44.3 Å². The summed E-state index contributed by atoms with van der Waals surface area (Å²) in [5.41, 5.74) is 0.881. The Morgan fingerprint density at radius 3 is 2.54 bits per heavy atom. The number of nitrogens with one attached hydrogen (secondary N) is 2. The molecular formula is C19H24F2N4O. The first kappa shape index (κ1) is 16.4. The Hall–Kier alpha value is -1.73. The number of piperazine rings is 1. The van der Waals surface area contributed by atoms with E-state index in [1.165, 1.54) is 0 Å². The number of carbonyl (C=O) groups is 1. The first-order chi connectivity index (χ1) is 12.6. The molecule has 2 bridgehead atoms. The summed E-state index contributed by atoms with van der Waals surface area (Å²) in [7, 11) is 0. The lowest BCUT2D eigenvalue weighted by atomic mass is 10.1. The van der Waals surface area contributed by atoms with E-state index in [2.05, 4.69) is 10.6 Å². The third-order valence-electron chi connectivity index (χ3n) is 6.35. The highest BCUT2D eigenvalue weighted by molar-refractivity contribution is 5.99. The molecule has 1 aromatic rings.